The van der Waals surface area contributed by atoms with Crippen LogP contribution in [0.1, 0.15) is 32.6 Å². The lowest BCUT2D eigenvalue weighted by molar-refractivity contribution is -0.197. The van der Waals surface area contributed by atoms with Gasteiger partial charge >= 0.3 is 5.97 Å². The Morgan fingerprint density at radius 1 is 1.55 bits per heavy atom. The average molecular weight is 328 g/mol. The van der Waals surface area contributed by atoms with Crippen LogP contribution in [-0.2, 0) is 19.1 Å². The van der Waals surface area contributed by atoms with Gasteiger partial charge in [0.05, 0.1) is 11.5 Å². The number of Topliss-reactive ketones (excluding diaryl/α,β-unsaturated/α-hetero) is 1. The number of halogens is 1. The second kappa shape index (κ2) is 5.06. The third-order valence-corrected chi connectivity index (χ3v) is 5.14. The van der Waals surface area contributed by atoms with Gasteiger partial charge in [0.1, 0.15) is 0 Å². The number of amides is 1. The van der Waals surface area contributed by atoms with Crippen LogP contribution < -0.4 is 5.32 Å². The second-order valence-electron chi connectivity index (χ2n) is 6.38. The molecule has 6 nitrogen and oxygen atoms in total. The van der Waals surface area contributed by atoms with Crippen LogP contribution in [0.2, 0.25) is 0 Å². The van der Waals surface area contributed by atoms with E-state index in [0.29, 0.717) is 31.3 Å². The molecule has 2 N–H and O–H groups in total. The molecular formula is C15H18ClNO5. The van der Waals surface area contributed by atoms with Gasteiger partial charge in [-0.05, 0) is 44.3 Å². The first-order chi connectivity index (χ1) is 10.4. The minimum atomic E-state index is -1.64. The molecule has 3 aliphatic rings. The first kappa shape index (κ1) is 15.5. The van der Waals surface area contributed by atoms with Crippen LogP contribution >= 0.6 is 11.6 Å². The molecule has 2 fully saturated rings. The van der Waals surface area contributed by atoms with Gasteiger partial charge in [0.25, 0.3) is 0 Å². The number of aliphatic hydroxyl groups is 1. The van der Waals surface area contributed by atoms with Crippen molar-refractivity contribution in [3.63, 3.8) is 0 Å². The zero-order valence-corrected chi connectivity index (χ0v) is 13.0. The van der Waals surface area contributed by atoms with Gasteiger partial charge in [-0.25, -0.2) is 4.79 Å². The lowest BCUT2D eigenvalue weighted by Crippen LogP contribution is -2.72. The monoisotopic (exact) mass is 327 g/mol. The van der Waals surface area contributed by atoms with Crippen molar-refractivity contribution in [2.24, 2.45) is 5.41 Å². The zero-order valence-electron chi connectivity index (χ0n) is 12.2. The highest BCUT2D eigenvalue weighted by atomic mass is 35.5. The van der Waals surface area contributed by atoms with Crippen molar-refractivity contribution in [1.29, 1.82) is 0 Å². The Balaban J connectivity index is 1.96. The molecule has 0 bridgehead atoms. The Kier molecular flexibility index (Phi) is 3.57. The quantitative estimate of drug-likeness (QED) is 0.444. The molecule has 4 atom stereocenters. The summed E-state index contributed by atoms with van der Waals surface area (Å²) in [6.45, 7) is 1.65. The first-order valence-electron chi connectivity index (χ1n) is 7.39. The Labute approximate surface area is 132 Å². The van der Waals surface area contributed by atoms with Gasteiger partial charge in [0.15, 0.2) is 11.9 Å². The molecule has 22 heavy (non-hydrogen) atoms. The summed E-state index contributed by atoms with van der Waals surface area (Å²) in [5, 5.41) is 12.3. The number of hydrogen-bond acceptors (Lipinski definition) is 5. The number of carbonyl (C=O) groups excluding carboxylic acids is 3. The molecular weight excluding hydrogens is 310 g/mol. The van der Waals surface area contributed by atoms with Gasteiger partial charge in [-0.2, -0.15) is 0 Å². The fraction of sp³-hybridized carbons (Fsp3) is 0.667. The summed E-state index contributed by atoms with van der Waals surface area (Å²) in [7, 11) is 0. The van der Waals surface area contributed by atoms with E-state index in [-0.39, 0.29) is 5.88 Å². The van der Waals surface area contributed by atoms with Crippen LogP contribution in [-0.4, -0.2) is 46.4 Å². The Hall–Kier alpha value is -1.40. The van der Waals surface area contributed by atoms with Crippen molar-refractivity contribution < 1.29 is 24.2 Å². The van der Waals surface area contributed by atoms with Crippen molar-refractivity contribution in [1.82, 2.24) is 5.32 Å². The van der Waals surface area contributed by atoms with E-state index in [2.05, 4.69) is 5.32 Å². The number of aliphatic hydroxyl groups excluding tert-OH is 1. The molecule has 1 unspecified atom stereocenters. The molecule has 0 aromatic rings. The summed E-state index contributed by atoms with van der Waals surface area (Å²) >= 11 is 5.75. The highest BCUT2D eigenvalue weighted by Crippen LogP contribution is 2.49. The van der Waals surface area contributed by atoms with E-state index >= 15 is 0 Å². The molecule has 7 heteroatoms. The number of fused-ring (bicyclic) bond motifs is 1. The van der Waals surface area contributed by atoms with Crippen LogP contribution in [0.3, 0.4) is 0 Å². The van der Waals surface area contributed by atoms with Crippen LogP contribution in [0.15, 0.2) is 11.6 Å². The van der Waals surface area contributed by atoms with Gasteiger partial charge in [0, 0.05) is 5.88 Å². The van der Waals surface area contributed by atoms with E-state index in [9.17, 15) is 19.5 Å². The number of ketones is 1. The molecule has 0 aromatic heterocycles. The van der Waals surface area contributed by atoms with E-state index in [0.717, 1.165) is 0 Å². The number of alkyl halides is 1. The van der Waals surface area contributed by atoms with Gasteiger partial charge in [-0.3, -0.25) is 9.59 Å². The summed E-state index contributed by atoms with van der Waals surface area (Å²) < 4.78 is 5.15. The maximum Gasteiger partial charge on any atom is 0.344 e. The van der Waals surface area contributed by atoms with Crippen molar-refractivity contribution in [2.75, 3.05) is 5.88 Å². The molecule has 1 aliphatic carbocycles. The normalized spacial score (nSPS) is 40.2. The fourth-order valence-electron chi connectivity index (χ4n) is 3.56. The van der Waals surface area contributed by atoms with E-state index < -0.39 is 40.8 Å². The minimum Gasteiger partial charge on any atom is -0.455 e. The molecule has 2 aliphatic heterocycles. The highest BCUT2D eigenvalue weighted by Gasteiger charge is 2.76. The SMILES string of the molecule is C[C@]1(CCCl)C(=O)N[C@@]2(C(=O)C3=CC(O)CCC3)C(=O)O[C@H]21. The van der Waals surface area contributed by atoms with Gasteiger partial charge in [-0.1, -0.05) is 0 Å². The molecule has 1 amide bonds. The summed E-state index contributed by atoms with van der Waals surface area (Å²) in [4.78, 5) is 37.2. The summed E-state index contributed by atoms with van der Waals surface area (Å²) in [6.07, 6.45) is 2.01. The zero-order chi connectivity index (χ0) is 16.1. The molecule has 0 saturated carbocycles. The molecule has 120 valence electrons. The maximum atomic E-state index is 12.8. The lowest BCUT2D eigenvalue weighted by atomic mass is 9.69. The van der Waals surface area contributed by atoms with E-state index in [4.69, 9.17) is 16.3 Å². The van der Waals surface area contributed by atoms with E-state index in [1.165, 1.54) is 6.08 Å². The lowest BCUT2D eigenvalue weighted by Gasteiger charge is -2.44. The summed E-state index contributed by atoms with van der Waals surface area (Å²) in [5.41, 5.74) is -2.25. The smallest absolute Gasteiger partial charge is 0.344 e. The first-order valence-corrected chi connectivity index (χ1v) is 7.93. The fourth-order valence-corrected chi connectivity index (χ4v) is 3.95. The van der Waals surface area contributed by atoms with Crippen molar-refractivity contribution in [2.45, 2.75) is 50.4 Å². The number of carbonyl (C=O) groups is 3. The highest BCUT2D eigenvalue weighted by molar-refractivity contribution is 6.24. The van der Waals surface area contributed by atoms with Crippen molar-refractivity contribution >= 4 is 29.3 Å². The number of nitrogens with one attached hydrogen (secondary N) is 1. The second-order valence-corrected chi connectivity index (χ2v) is 6.76. The molecule has 2 saturated heterocycles. The molecule has 3 rings (SSSR count). The van der Waals surface area contributed by atoms with Gasteiger partial charge < -0.3 is 15.2 Å². The maximum absolute atomic E-state index is 12.8. The van der Waals surface area contributed by atoms with Crippen molar-refractivity contribution in [3.8, 4) is 0 Å². The molecule has 2 heterocycles. The predicted molar refractivity (Wildman–Crippen MR) is 77.1 cm³/mol. The average Bonchev–Trinajstić information content (AvgIpc) is 2.65. The minimum absolute atomic E-state index is 0.226. The molecule has 0 aromatic carbocycles. The Morgan fingerprint density at radius 2 is 2.27 bits per heavy atom. The van der Waals surface area contributed by atoms with Gasteiger partial charge in [0.2, 0.25) is 11.4 Å². The standard InChI is InChI=1S/C15H18ClNO5/c1-14(5-6-16)11-15(13(21)22-11,17-12(14)20)10(19)8-3-2-4-9(18)7-8/h7,9,11,18H,2-6H2,1H3,(H,17,20)/t9?,11-,14+,15+/m0/s1. The Bertz CT molecular complexity index is 588. The van der Waals surface area contributed by atoms with Crippen molar-refractivity contribution in [3.05, 3.63) is 11.6 Å². The third-order valence-electron chi connectivity index (χ3n) is 4.95. The van der Waals surface area contributed by atoms with Crippen LogP contribution in [0.4, 0.5) is 0 Å². The molecule has 0 radical (unpaired) electrons. The summed E-state index contributed by atoms with van der Waals surface area (Å²) in [6, 6.07) is 0. The van der Waals surface area contributed by atoms with Crippen LogP contribution in [0.5, 0.6) is 0 Å². The van der Waals surface area contributed by atoms with Crippen LogP contribution in [0, 0.1) is 5.41 Å². The largest absolute Gasteiger partial charge is 0.455 e. The number of esters is 1. The number of ether oxygens (including phenoxy) is 1. The topological polar surface area (TPSA) is 92.7 Å². The predicted octanol–water partition coefficient (Wildman–Crippen LogP) is 0.456. The third kappa shape index (κ3) is 1.86. The number of rotatable bonds is 4. The number of hydrogen-bond donors (Lipinski definition) is 2. The molecule has 0 spiro atoms. The Morgan fingerprint density at radius 3 is 2.86 bits per heavy atom. The van der Waals surface area contributed by atoms with Crippen LogP contribution in [0.25, 0.3) is 0 Å². The summed E-state index contributed by atoms with van der Waals surface area (Å²) in [5.74, 6) is -1.35. The van der Waals surface area contributed by atoms with E-state index in [1.807, 2.05) is 0 Å². The van der Waals surface area contributed by atoms with E-state index in [1.54, 1.807) is 6.92 Å². The van der Waals surface area contributed by atoms with Gasteiger partial charge in [-0.15, -0.1) is 11.6 Å².